The normalized spacial score (nSPS) is 11.3. The van der Waals surface area contributed by atoms with Crippen LogP contribution in [0.4, 0.5) is 0 Å². The highest BCUT2D eigenvalue weighted by molar-refractivity contribution is 7.99. The van der Waals surface area contributed by atoms with Crippen LogP contribution in [-0.4, -0.2) is 25.7 Å². The van der Waals surface area contributed by atoms with E-state index in [1.807, 2.05) is 43.8 Å². The van der Waals surface area contributed by atoms with Gasteiger partial charge in [0.1, 0.15) is 10.7 Å². The molecule has 0 spiro atoms. The van der Waals surface area contributed by atoms with E-state index in [9.17, 15) is 0 Å². The van der Waals surface area contributed by atoms with Crippen LogP contribution in [-0.2, 0) is 13.5 Å². The zero-order valence-electron chi connectivity index (χ0n) is 10.7. The summed E-state index contributed by atoms with van der Waals surface area (Å²) in [5.74, 6) is 0. The van der Waals surface area contributed by atoms with Gasteiger partial charge in [-0.25, -0.2) is 4.98 Å². The molecule has 0 bridgehead atoms. The van der Waals surface area contributed by atoms with Gasteiger partial charge in [-0.15, -0.1) is 0 Å². The van der Waals surface area contributed by atoms with Gasteiger partial charge in [0.15, 0.2) is 0 Å². The maximum absolute atomic E-state index is 5.71. The summed E-state index contributed by atoms with van der Waals surface area (Å²) < 4.78 is 3.90. The Bertz CT molecular complexity index is 700. The molecule has 0 aliphatic carbocycles. The fraction of sp³-hybridized carbons (Fsp3) is 0.231. The van der Waals surface area contributed by atoms with E-state index < -0.39 is 0 Å². The Labute approximate surface area is 115 Å². The number of fused-ring (bicyclic) bond motifs is 1. The average molecular weight is 273 g/mol. The van der Waals surface area contributed by atoms with Crippen molar-refractivity contribution in [2.75, 3.05) is 6.54 Å². The van der Waals surface area contributed by atoms with Gasteiger partial charge in [-0.2, -0.15) is 5.10 Å². The van der Waals surface area contributed by atoms with Crippen LogP contribution in [0.15, 0.2) is 46.7 Å². The minimum absolute atomic E-state index is 0.614. The summed E-state index contributed by atoms with van der Waals surface area (Å²) in [6.07, 6.45) is 6.68. The number of nitrogens with zero attached hydrogens (tertiary/aromatic N) is 4. The van der Waals surface area contributed by atoms with Crippen molar-refractivity contribution in [1.82, 2.24) is 19.2 Å². The lowest BCUT2D eigenvalue weighted by molar-refractivity contribution is 0.766. The summed E-state index contributed by atoms with van der Waals surface area (Å²) in [6.45, 7) is 0.614. The number of rotatable bonds is 4. The molecule has 3 rings (SSSR count). The molecule has 3 heterocycles. The van der Waals surface area contributed by atoms with Crippen molar-refractivity contribution < 1.29 is 0 Å². The third-order valence-electron chi connectivity index (χ3n) is 2.87. The lowest BCUT2D eigenvalue weighted by atomic mass is 10.3. The Morgan fingerprint density at radius 2 is 2.26 bits per heavy atom. The first-order chi connectivity index (χ1) is 9.28. The number of aryl methyl sites for hydroxylation is 1. The van der Waals surface area contributed by atoms with Crippen LogP contribution in [0.3, 0.4) is 0 Å². The first-order valence-corrected chi connectivity index (χ1v) is 6.92. The van der Waals surface area contributed by atoms with E-state index in [-0.39, 0.29) is 0 Å². The summed E-state index contributed by atoms with van der Waals surface area (Å²) in [4.78, 5) is 5.76. The number of hydrogen-bond acceptors (Lipinski definition) is 4. The minimum Gasteiger partial charge on any atom is -0.330 e. The van der Waals surface area contributed by atoms with Crippen LogP contribution in [0.2, 0.25) is 0 Å². The molecule has 0 fully saturated rings. The van der Waals surface area contributed by atoms with Crippen LogP contribution >= 0.6 is 11.8 Å². The number of aromatic nitrogens is 4. The predicted molar refractivity (Wildman–Crippen MR) is 75.3 cm³/mol. The molecular weight excluding hydrogens is 258 g/mol. The van der Waals surface area contributed by atoms with Crippen molar-refractivity contribution >= 4 is 17.4 Å². The van der Waals surface area contributed by atoms with Crippen LogP contribution in [0.1, 0.15) is 5.69 Å². The van der Waals surface area contributed by atoms with Gasteiger partial charge in [-0.3, -0.25) is 4.68 Å². The van der Waals surface area contributed by atoms with Crippen LogP contribution in [0.5, 0.6) is 0 Å². The number of pyridine rings is 1. The van der Waals surface area contributed by atoms with Gasteiger partial charge in [-0.1, -0.05) is 17.8 Å². The van der Waals surface area contributed by atoms with Crippen molar-refractivity contribution in [3.63, 3.8) is 0 Å². The van der Waals surface area contributed by atoms with Crippen molar-refractivity contribution in [1.29, 1.82) is 0 Å². The third-order valence-corrected chi connectivity index (χ3v) is 3.84. The largest absolute Gasteiger partial charge is 0.330 e. The first kappa shape index (κ1) is 12.3. The Hall–Kier alpha value is -1.79. The lowest BCUT2D eigenvalue weighted by Crippen LogP contribution is -2.05. The quantitative estimate of drug-likeness (QED) is 0.786. The molecule has 3 aromatic rings. The standard InChI is InChI=1S/C13H15N5S/c1-17-9-10(8-15-17)19-13-11(5-6-14)18-7-3-2-4-12(18)16-13/h2-4,7-9H,5-6,14H2,1H3. The number of imidazole rings is 1. The van der Waals surface area contributed by atoms with Gasteiger partial charge in [0.25, 0.3) is 0 Å². The second kappa shape index (κ2) is 5.07. The molecule has 98 valence electrons. The average Bonchev–Trinajstić information content (AvgIpc) is 2.96. The summed E-state index contributed by atoms with van der Waals surface area (Å²) in [7, 11) is 1.91. The summed E-state index contributed by atoms with van der Waals surface area (Å²) in [5, 5.41) is 5.18. The second-order valence-corrected chi connectivity index (χ2v) is 5.35. The lowest BCUT2D eigenvalue weighted by Gasteiger charge is -2.01. The Kier molecular flexibility index (Phi) is 3.27. The maximum Gasteiger partial charge on any atom is 0.138 e. The minimum atomic E-state index is 0.614. The van der Waals surface area contributed by atoms with Crippen LogP contribution in [0.25, 0.3) is 5.65 Å². The molecule has 5 nitrogen and oxygen atoms in total. The first-order valence-electron chi connectivity index (χ1n) is 6.10. The van der Waals surface area contributed by atoms with E-state index >= 15 is 0 Å². The van der Waals surface area contributed by atoms with E-state index in [0.717, 1.165) is 27.7 Å². The topological polar surface area (TPSA) is 61.1 Å². The summed E-state index contributed by atoms with van der Waals surface area (Å²) in [5.41, 5.74) is 7.83. The van der Waals surface area contributed by atoms with E-state index in [0.29, 0.717) is 6.54 Å². The molecule has 6 heteroatoms. The Morgan fingerprint density at radius 3 is 3.00 bits per heavy atom. The highest BCUT2D eigenvalue weighted by Crippen LogP contribution is 2.30. The summed E-state index contributed by atoms with van der Waals surface area (Å²) >= 11 is 1.63. The monoisotopic (exact) mass is 273 g/mol. The van der Waals surface area contributed by atoms with Gasteiger partial charge in [-0.05, 0) is 18.7 Å². The van der Waals surface area contributed by atoms with Crippen molar-refractivity contribution in [3.8, 4) is 0 Å². The predicted octanol–water partition coefficient (Wildman–Crippen LogP) is 1.72. The molecule has 0 amide bonds. The second-order valence-electron chi connectivity index (χ2n) is 4.28. The molecule has 0 aliphatic heterocycles. The van der Waals surface area contributed by atoms with Crippen molar-refractivity contribution in [2.45, 2.75) is 16.3 Å². The highest BCUT2D eigenvalue weighted by Gasteiger charge is 2.13. The van der Waals surface area contributed by atoms with E-state index in [4.69, 9.17) is 5.73 Å². The van der Waals surface area contributed by atoms with Gasteiger partial charge in [0, 0.05) is 25.9 Å². The zero-order valence-corrected chi connectivity index (χ0v) is 11.5. The third kappa shape index (κ3) is 2.36. The molecule has 0 aliphatic rings. The molecule has 0 unspecified atom stereocenters. The van der Waals surface area contributed by atoms with Gasteiger partial charge in [0.05, 0.1) is 16.8 Å². The van der Waals surface area contributed by atoms with Crippen LogP contribution < -0.4 is 5.73 Å². The molecule has 0 saturated heterocycles. The fourth-order valence-electron chi connectivity index (χ4n) is 2.03. The molecule has 0 radical (unpaired) electrons. The van der Waals surface area contributed by atoms with Gasteiger partial charge in [0.2, 0.25) is 0 Å². The molecule has 19 heavy (non-hydrogen) atoms. The molecular formula is C13H15N5S. The van der Waals surface area contributed by atoms with Gasteiger partial charge >= 0.3 is 0 Å². The van der Waals surface area contributed by atoms with Crippen LogP contribution in [0, 0.1) is 0 Å². The maximum atomic E-state index is 5.71. The molecule has 0 aromatic carbocycles. The molecule has 2 N–H and O–H groups in total. The Morgan fingerprint density at radius 1 is 1.37 bits per heavy atom. The van der Waals surface area contributed by atoms with Crippen molar-refractivity contribution in [2.24, 2.45) is 12.8 Å². The van der Waals surface area contributed by atoms with Crippen molar-refractivity contribution in [3.05, 3.63) is 42.5 Å². The molecule has 0 saturated carbocycles. The van der Waals surface area contributed by atoms with E-state index in [2.05, 4.69) is 14.5 Å². The molecule has 0 atom stereocenters. The number of nitrogens with two attached hydrogens (primary N) is 1. The molecule has 3 aromatic heterocycles. The Balaban J connectivity index is 2.04. The number of hydrogen-bond donors (Lipinski definition) is 1. The summed E-state index contributed by atoms with van der Waals surface area (Å²) in [6, 6.07) is 6.01. The smallest absolute Gasteiger partial charge is 0.138 e. The van der Waals surface area contributed by atoms with E-state index in [1.165, 1.54) is 0 Å². The van der Waals surface area contributed by atoms with Gasteiger partial charge < -0.3 is 10.1 Å². The van der Waals surface area contributed by atoms with E-state index in [1.54, 1.807) is 16.4 Å². The SMILES string of the molecule is Cn1cc(Sc2nc3ccccn3c2CCN)cn1. The highest BCUT2D eigenvalue weighted by atomic mass is 32.2. The zero-order chi connectivity index (χ0) is 13.2. The fourth-order valence-corrected chi connectivity index (χ4v) is 3.02.